The lowest BCUT2D eigenvalue weighted by molar-refractivity contribution is 0.252. The van der Waals surface area contributed by atoms with E-state index in [9.17, 15) is 4.79 Å². The molecule has 1 heterocycles. The molecule has 0 bridgehead atoms. The minimum atomic E-state index is -0.250. The maximum atomic E-state index is 12.3. The van der Waals surface area contributed by atoms with Crippen LogP contribution in [0.15, 0.2) is 48.7 Å². The zero-order chi connectivity index (χ0) is 14.8. The van der Waals surface area contributed by atoms with Crippen molar-refractivity contribution in [2.24, 2.45) is 0 Å². The number of nitrogens with one attached hydrogen (secondary N) is 1. The van der Waals surface area contributed by atoms with Gasteiger partial charge in [0.25, 0.3) is 0 Å². The number of amides is 1. The van der Waals surface area contributed by atoms with Crippen molar-refractivity contribution >= 4 is 22.6 Å². The van der Waals surface area contributed by atoms with E-state index >= 15 is 0 Å². The fourth-order valence-electron chi connectivity index (χ4n) is 2.36. The molecule has 0 radical (unpaired) electrons. The smallest absolute Gasteiger partial charge is 0.306 e. The Balaban J connectivity index is 1.88. The normalized spacial score (nSPS) is 10.8. The van der Waals surface area contributed by atoms with E-state index in [1.165, 1.54) is 10.2 Å². The summed E-state index contributed by atoms with van der Waals surface area (Å²) in [5.41, 5.74) is 3.94. The third-order valence-electron chi connectivity index (χ3n) is 3.64. The maximum Gasteiger partial charge on any atom is 0.347 e. The fraction of sp³-hybridized carbons (Fsp3) is 0.176. The molecule has 0 aliphatic carbocycles. The van der Waals surface area contributed by atoms with Crippen LogP contribution in [0.5, 0.6) is 0 Å². The van der Waals surface area contributed by atoms with Crippen LogP contribution in [0.4, 0.5) is 10.5 Å². The monoisotopic (exact) mass is 279 g/mol. The topological polar surface area (TPSA) is 46.9 Å². The first kappa shape index (κ1) is 13.4. The summed E-state index contributed by atoms with van der Waals surface area (Å²) in [5.74, 6) is 0. The molecule has 0 aliphatic rings. The van der Waals surface area contributed by atoms with E-state index in [1.54, 1.807) is 6.20 Å². The minimum Gasteiger partial charge on any atom is -0.306 e. The van der Waals surface area contributed by atoms with E-state index in [2.05, 4.69) is 17.3 Å². The van der Waals surface area contributed by atoms with E-state index in [1.807, 2.05) is 49.4 Å². The number of benzene rings is 2. The molecule has 0 saturated carbocycles. The Labute approximate surface area is 123 Å². The molecule has 0 aliphatic heterocycles. The molecule has 21 heavy (non-hydrogen) atoms. The van der Waals surface area contributed by atoms with Gasteiger partial charge in [-0.05, 0) is 42.7 Å². The highest BCUT2D eigenvalue weighted by Crippen LogP contribution is 2.18. The van der Waals surface area contributed by atoms with Crippen LogP contribution in [-0.4, -0.2) is 15.8 Å². The molecule has 3 aromatic rings. The van der Waals surface area contributed by atoms with E-state index < -0.39 is 0 Å². The predicted octanol–water partition coefficient (Wildman–Crippen LogP) is 3.99. The number of rotatable bonds is 2. The molecule has 1 aromatic heterocycles. The number of nitrogens with zero attached hydrogens (tertiary/aromatic N) is 2. The lowest BCUT2D eigenvalue weighted by Crippen LogP contribution is -2.20. The van der Waals surface area contributed by atoms with Crippen molar-refractivity contribution in [3.05, 3.63) is 59.8 Å². The molecular formula is C17H17N3O. The molecule has 106 valence electrons. The molecule has 0 atom stereocenters. The summed E-state index contributed by atoms with van der Waals surface area (Å²) in [5, 5.41) is 8.05. The van der Waals surface area contributed by atoms with Crippen LogP contribution in [0, 0.1) is 6.92 Å². The Kier molecular flexibility index (Phi) is 3.44. The van der Waals surface area contributed by atoms with E-state index in [-0.39, 0.29) is 6.03 Å². The highest BCUT2D eigenvalue weighted by Gasteiger charge is 2.11. The first-order chi connectivity index (χ1) is 10.2. The summed E-state index contributed by atoms with van der Waals surface area (Å²) < 4.78 is 1.40. The molecule has 0 saturated heterocycles. The van der Waals surface area contributed by atoms with Gasteiger partial charge in [-0.2, -0.15) is 9.78 Å². The molecule has 1 amide bonds. The lowest BCUT2D eigenvalue weighted by Gasteiger charge is -2.07. The molecule has 4 nitrogen and oxygen atoms in total. The van der Waals surface area contributed by atoms with Crippen molar-refractivity contribution in [3.8, 4) is 0 Å². The molecule has 0 spiro atoms. The fourth-order valence-corrected chi connectivity index (χ4v) is 2.36. The summed E-state index contributed by atoms with van der Waals surface area (Å²) in [4.78, 5) is 12.3. The third-order valence-corrected chi connectivity index (χ3v) is 3.64. The number of fused-ring (bicyclic) bond motifs is 1. The van der Waals surface area contributed by atoms with Gasteiger partial charge in [-0.15, -0.1) is 0 Å². The number of carbonyl (C=O) groups excluding carboxylic acids is 1. The number of hydrogen-bond donors (Lipinski definition) is 1. The van der Waals surface area contributed by atoms with Crippen molar-refractivity contribution < 1.29 is 4.79 Å². The second-order valence-corrected chi connectivity index (χ2v) is 5.04. The molecule has 4 heteroatoms. The average molecular weight is 279 g/mol. The van der Waals surface area contributed by atoms with Gasteiger partial charge in [0.1, 0.15) is 0 Å². The van der Waals surface area contributed by atoms with Crippen molar-refractivity contribution in [2.75, 3.05) is 5.32 Å². The standard InChI is InChI=1S/C17H17N3O/c1-3-13-7-9-14(10-8-13)19-17(21)20-16-6-4-5-12(2)15(16)11-18-20/h4-11H,3H2,1-2H3,(H,19,21). The van der Waals surface area contributed by atoms with Crippen LogP contribution < -0.4 is 5.32 Å². The maximum absolute atomic E-state index is 12.3. The lowest BCUT2D eigenvalue weighted by atomic mass is 10.1. The summed E-state index contributed by atoms with van der Waals surface area (Å²) >= 11 is 0. The molecular weight excluding hydrogens is 262 g/mol. The van der Waals surface area contributed by atoms with E-state index in [4.69, 9.17) is 0 Å². The van der Waals surface area contributed by atoms with E-state index in [0.717, 1.165) is 28.6 Å². The van der Waals surface area contributed by atoms with Gasteiger partial charge >= 0.3 is 6.03 Å². The highest BCUT2D eigenvalue weighted by molar-refractivity contribution is 5.97. The van der Waals surface area contributed by atoms with E-state index in [0.29, 0.717) is 0 Å². The van der Waals surface area contributed by atoms with Crippen molar-refractivity contribution in [2.45, 2.75) is 20.3 Å². The predicted molar refractivity (Wildman–Crippen MR) is 84.7 cm³/mol. The van der Waals surface area contributed by atoms with Crippen LogP contribution in [-0.2, 0) is 6.42 Å². The molecule has 3 rings (SSSR count). The first-order valence-corrected chi connectivity index (χ1v) is 7.02. The summed E-state index contributed by atoms with van der Waals surface area (Å²) in [6, 6.07) is 13.4. The molecule has 0 unspecified atom stereocenters. The summed E-state index contributed by atoms with van der Waals surface area (Å²) in [7, 11) is 0. The summed E-state index contributed by atoms with van der Waals surface area (Å²) in [6.45, 7) is 4.11. The van der Waals surface area contributed by atoms with Gasteiger partial charge in [-0.3, -0.25) is 0 Å². The van der Waals surface area contributed by atoms with Crippen LogP contribution in [0.3, 0.4) is 0 Å². The average Bonchev–Trinajstić information content (AvgIpc) is 2.93. The summed E-state index contributed by atoms with van der Waals surface area (Å²) in [6.07, 6.45) is 2.71. The van der Waals surface area contributed by atoms with Gasteiger partial charge in [-0.1, -0.05) is 31.2 Å². The quantitative estimate of drug-likeness (QED) is 0.771. The Bertz CT molecular complexity index is 787. The van der Waals surface area contributed by atoms with Crippen molar-refractivity contribution in [1.29, 1.82) is 0 Å². The first-order valence-electron chi connectivity index (χ1n) is 7.02. The van der Waals surface area contributed by atoms with Crippen LogP contribution in [0.1, 0.15) is 18.1 Å². The second kappa shape index (κ2) is 5.40. The number of carbonyl (C=O) groups is 1. The van der Waals surface area contributed by atoms with Crippen LogP contribution in [0.25, 0.3) is 10.9 Å². The van der Waals surface area contributed by atoms with Gasteiger partial charge in [-0.25, -0.2) is 4.79 Å². The molecule has 0 fully saturated rings. The third kappa shape index (κ3) is 2.52. The van der Waals surface area contributed by atoms with Crippen LogP contribution in [0.2, 0.25) is 0 Å². The van der Waals surface area contributed by atoms with Gasteiger partial charge in [0.2, 0.25) is 0 Å². The number of aryl methyl sites for hydroxylation is 2. The SMILES string of the molecule is CCc1ccc(NC(=O)n2ncc3c(C)cccc32)cc1. The van der Waals surface area contributed by atoms with Gasteiger partial charge in [0.05, 0.1) is 11.7 Å². The molecule has 1 N–H and O–H groups in total. The second-order valence-electron chi connectivity index (χ2n) is 5.04. The molecule has 2 aromatic carbocycles. The van der Waals surface area contributed by atoms with Crippen molar-refractivity contribution in [1.82, 2.24) is 9.78 Å². The Morgan fingerprint density at radius 2 is 1.95 bits per heavy atom. The largest absolute Gasteiger partial charge is 0.347 e. The van der Waals surface area contributed by atoms with Crippen molar-refractivity contribution in [3.63, 3.8) is 0 Å². The van der Waals surface area contributed by atoms with Gasteiger partial charge in [0, 0.05) is 11.1 Å². The van der Waals surface area contributed by atoms with Gasteiger partial charge < -0.3 is 5.32 Å². The Morgan fingerprint density at radius 1 is 1.19 bits per heavy atom. The van der Waals surface area contributed by atoms with Crippen LogP contribution >= 0.6 is 0 Å². The minimum absolute atomic E-state index is 0.250. The number of hydrogen-bond acceptors (Lipinski definition) is 2. The Morgan fingerprint density at radius 3 is 2.67 bits per heavy atom. The highest BCUT2D eigenvalue weighted by atomic mass is 16.2. The number of anilines is 1. The number of aromatic nitrogens is 2. The zero-order valence-electron chi connectivity index (χ0n) is 12.1. The Hall–Kier alpha value is -2.62. The zero-order valence-corrected chi connectivity index (χ0v) is 12.1. The van der Waals surface area contributed by atoms with Gasteiger partial charge in [0.15, 0.2) is 0 Å².